The zero-order valence-corrected chi connectivity index (χ0v) is 37.5. The molecular formula is C62H39N5S. The van der Waals surface area contributed by atoms with E-state index in [4.69, 9.17) is 19.9 Å². The number of benzene rings is 9. The molecule has 0 N–H and O–H groups in total. The van der Waals surface area contributed by atoms with Gasteiger partial charge >= 0.3 is 0 Å². The van der Waals surface area contributed by atoms with Gasteiger partial charge in [0.2, 0.25) is 0 Å². The Bertz CT molecular complexity index is 3880. The quantitative estimate of drug-likeness (QED) is 0.153. The Morgan fingerprint density at radius 2 is 0.838 bits per heavy atom. The van der Waals surface area contributed by atoms with Gasteiger partial charge in [-0.15, -0.1) is 11.3 Å². The fourth-order valence-corrected chi connectivity index (χ4v) is 10.9. The summed E-state index contributed by atoms with van der Waals surface area (Å²) in [7, 11) is 0. The lowest BCUT2D eigenvalue weighted by Crippen LogP contribution is -2.02. The van der Waals surface area contributed by atoms with Crippen LogP contribution in [0.15, 0.2) is 237 Å². The highest BCUT2D eigenvalue weighted by atomic mass is 32.1. The Labute approximate surface area is 397 Å². The van der Waals surface area contributed by atoms with Crippen molar-refractivity contribution in [1.29, 1.82) is 0 Å². The van der Waals surface area contributed by atoms with Gasteiger partial charge in [0.1, 0.15) is 0 Å². The minimum atomic E-state index is 0.551. The molecule has 4 heterocycles. The molecule has 0 spiro atoms. The molecule has 0 atom stereocenters. The van der Waals surface area contributed by atoms with Gasteiger partial charge in [-0.1, -0.05) is 182 Å². The van der Waals surface area contributed by atoms with E-state index in [0.29, 0.717) is 17.5 Å². The number of para-hydroxylation sites is 2. The zero-order chi connectivity index (χ0) is 45.0. The van der Waals surface area contributed by atoms with Gasteiger partial charge in [-0.2, -0.15) is 0 Å². The number of fused-ring (bicyclic) bond motifs is 7. The van der Waals surface area contributed by atoms with Crippen molar-refractivity contribution in [2.45, 2.75) is 0 Å². The number of aromatic nitrogens is 5. The molecule has 4 aromatic heterocycles. The van der Waals surface area contributed by atoms with Gasteiger partial charge in [0, 0.05) is 65.9 Å². The van der Waals surface area contributed by atoms with Crippen LogP contribution in [0.5, 0.6) is 0 Å². The smallest absolute Gasteiger partial charge is 0.166 e. The van der Waals surface area contributed by atoms with Crippen molar-refractivity contribution in [2.24, 2.45) is 0 Å². The molecule has 13 rings (SSSR count). The minimum absolute atomic E-state index is 0.551. The standard InChI is InChI=1S/C62H39N5S/c1-6-18-40(19-7-1)45-34-46(41-20-8-2-9-21-41)36-47(35-45)48-37-54(62-65-60(42-22-10-3-11-23-42)64-61(66-62)43-24-12-4-13-25-43)57(63-39-48)44-30-31-51-53-33-32-52-50-28-16-17-29-55(50)67(49-26-14-5-15-27-49)58(52)59(53)68-56(51)38-44/h1-39H. The van der Waals surface area contributed by atoms with E-state index in [0.717, 1.165) is 67.0 Å². The highest BCUT2D eigenvalue weighted by Gasteiger charge is 2.22. The van der Waals surface area contributed by atoms with E-state index in [1.54, 1.807) is 0 Å². The van der Waals surface area contributed by atoms with Gasteiger partial charge in [-0.05, 0) is 76.3 Å². The number of pyridine rings is 1. The number of hydrogen-bond donors (Lipinski definition) is 0. The Hall–Kier alpha value is -8.84. The summed E-state index contributed by atoms with van der Waals surface area (Å²) in [5, 5.41) is 4.93. The fourth-order valence-electron chi connectivity index (χ4n) is 9.62. The van der Waals surface area contributed by atoms with E-state index in [-0.39, 0.29) is 0 Å². The van der Waals surface area contributed by atoms with Crippen molar-refractivity contribution in [3.05, 3.63) is 237 Å². The maximum atomic E-state index is 5.40. The molecular weight excluding hydrogens is 847 g/mol. The second-order valence-corrected chi connectivity index (χ2v) is 18.1. The van der Waals surface area contributed by atoms with Crippen molar-refractivity contribution >= 4 is 53.3 Å². The van der Waals surface area contributed by atoms with Crippen molar-refractivity contribution < 1.29 is 0 Å². The number of thiophene rings is 1. The maximum absolute atomic E-state index is 5.40. The topological polar surface area (TPSA) is 56.5 Å². The third-order valence-electron chi connectivity index (χ3n) is 12.9. The second-order valence-electron chi connectivity index (χ2n) is 17.0. The molecule has 0 saturated carbocycles. The predicted octanol–water partition coefficient (Wildman–Crippen LogP) is 16.4. The third kappa shape index (κ3) is 6.94. The highest BCUT2D eigenvalue weighted by Crippen LogP contribution is 2.45. The predicted molar refractivity (Wildman–Crippen MR) is 283 cm³/mol. The van der Waals surface area contributed by atoms with Crippen LogP contribution in [-0.4, -0.2) is 24.5 Å². The van der Waals surface area contributed by atoms with Crippen LogP contribution in [0.4, 0.5) is 0 Å². The lowest BCUT2D eigenvalue weighted by molar-refractivity contribution is 1.07. The molecule has 6 heteroatoms. The van der Waals surface area contributed by atoms with Crippen LogP contribution in [0.3, 0.4) is 0 Å². The SMILES string of the molecule is c1ccc(-c2cc(-c3ccccc3)cc(-c3cnc(-c4ccc5c(c4)sc4c5ccc5c6ccccc6n(-c6ccccc6)c54)c(-c4nc(-c5ccccc5)nc(-c5ccccc5)n4)c3)c2)cc1. The van der Waals surface area contributed by atoms with Crippen LogP contribution in [-0.2, 0) is 0 Å². The van der Waals surface area contributed by atoms with Crippen LogP contribution in [0.25, 0.3) is 126 Å². The molecule has 0 bridgehead atoms. The van der Waals surface area contributed by atoms with Gasteiger partial charge in [0.05, 0.1) is 21.4 Å². The monoisotopic (exact) mass is 885 g/mol. The van der Waals surface area contributed by atoms with Crippen molar-refractivity contribution in [3.63, 3.8) is 0 Å². The summed E-state index contributed by atoms with van der Waals surface area (Å²) in [4.78, 5) is 21.0. The number of hydrogen-bond acceptors (Lipinski definition) is 5. The van der Waals surface area contributed by atoms with Crippen LogP contribution < -0.4 is 0 Å². The Balaban J connectivity index is 1.05. The summed E-state index contributed by atoms with van der Waals surface area (Å²) in [6, 6.07) is 81.2. The molecule has 68 heavy (non-hydrogen) atoms. The molecule has 0 aliphatic rings. The lowest BCUT2D eigenvalue weighted by Gasteiger charge is -2.15. The Morgan fingerprint density at radius 3 is 1.46 bits per heavy atom. The second kappa shape index (κ2) is 16.5. The van der Waals surface area contributed by atoms with E-state index < -0.39 is 0 Å². The average molecular weight is 886 g/mol. The van der Waals surface area contributed by atoms with E-state index in [1.165, 1.54) is 42.0 Å². The van der Waals surface area contributed by atoms with Crippen molar-refractivity contribution in [1.82, 2.24) is 24.5 Å². The van der Waals surface area contributed by atoms with Gasteiger partial charge in [-0.3, -0.25) is 4.98 Å². The van der Waals surface area contributed by atoms with Crippen LogP contribution in [0.1, 0.15) is 0 Å². The van der Waals surface area contributed by atoms with E-state index in [1.807, 2.05) is 78.2 Å². The van der Waals surface area contributed by atoms with Crippen LogP contribution >= 0.6 is 11.3 Å². The first-order chi connectivity index (χ1) is 33.7. The number of nitrogens with zero attached hydrogens (tertiary/aromatic N) is 5. The van der Waals surface area contributed by atoms with Crippen molar-refractivity contribution in [2.75, 3.05) is 0 Å². The first-order valence-electron chi connectivity index (χ1n) is 22.8. The summed E-state index contributed by atoms with van der Waals surface area (Å²) in [5.41, 5.74) is 14.5. The number of rotatable bonds is 8. The molecule has 0 amide bonds. The van der Waals surface area contributed by atoms with E-state index in [2.05, 4.69) is 174 Å². The third-order valence-corrected chi connectivity index (χ3v) is 14.0. The van der Waals surface area contributed by atoms with E-state index >= 15 is 0 Å². The van der Waals surface area contributed by atoms with Crippen LogP contribution in [0, 0.1) is 0 Å². The lowest BCUT2D eigenvalue weighted by atomic mass is 9.92. The first-order valence-corrected chi connectivity index (χ1v) is 23.6. The zero-order valence-electron chi connectivity index (χ0n) is 36.7. The largest absolute Gasteiger partial charge is 0.308 e. The summed E-state index contributed by atoms with van der Waals surface area (Å²) >= 11 is 1.83. The summed E-state index contributed by atoms with van der Waals surface area (Å²) < 4.78 is 4.86. The Morgan fingerprint density at radius 1 is 0.338 bits per heavy atom. The molecule has 13 aromatic rings. The molecule has 5 nitrogen and oxygen atoms in total. The molecule has 9 aromatic carbocycles. The maximum Gasteiger partial charge on any atom is 0.166 e. The molecule has 0 aliphatic carbocycles. The first kappa shape index (κ1) is 39.5. The normalized spacial score (nSPS) is 11.5. The minimum Gasteiger partial charge on any atom is -0.308 e. The van der Waals surface area contributed by atoms with Gasteiger partial charge < -0.3 is 4.57 Å². The molecule has 318 valence electrons. The van der Waals surface area contributed by atoms with E-state index in [9.17, 15) is 0 Å². The van der Waals surface area contributed by atoms with Crippen molar-refractivity contribution in [3.8, 4) is 84.5 Å². The molecule has 0 saturated heterocycles. The summed E-state index contributed by atoms with van der Waals surface area (Å²) in [6.07, 6.45) is 2.01. The average Bonchev–Trinajstić information content (AvgIpc) is 3.97. The molecule has 0 aliphatic heterocycles. The molecule has 0 radical (unpaired) electrons. The summed E-state index contributed by atoms with van der Waals surface area (Å²) in [5.74, 6) is 1.75. The summed E-state index contributed by atoms with van der Waals surface area (Å²) in [6.45, 7) is 0. The van der Waals surface area contributed by atoms with Crippen LogP contribution in [0.2, 0.25) is 0 Å². The van der Waals surface area contributed by atoms with Gasteiger partial charge in [0.15, 0.2) is 17.5 Å². The van der Waals surface area contributed by atoms with Gasteiger partial charge in [-0.25, -0.2) is 15.0 Å². The highest BCUT2D eigenvalue weighted by molar-refractivity contribution is 7.26. The fraction of sp³-hybridized carbons (Fsp3) is 0. The molecule has 0 unspecified atom stereocenters. The Kier molecular flexibility index (Phi) is 9.62. The van der Waals surface area contributed by atoms with Gasteiger partial charge in [0.25, 0.3) is 0 Å². The molecule has 0 fully saturated rings.